The van der Waals surface area contributed by atoms with Gasteiger partial charge in [0.2, 0.25) is 0 Å². The van der Waals surface area contributed by atoms with Crippen molar-refractivity contribution in [3.8, 4) is 0 Å². The molecule has 2 nitrogen and oxygen atoms in total. The molecule has 0 radical (unpaired) electrons. The average molecular weight is 184 g/mol. The molecule has 0 aliphatic heterocycles. The molecule has 0 aromatic heterocycles. The van der Waals surface area contributed by atoms with Crippen molar-refractivity contribution in [2.75, 3.05) is 19.6 Å². The normalized spacial score (nSPS) is 21.9. The third kappa shape index (κ3) is 3.28. The minimum Gasteiger partial charge on any atom is -0.330 e. The van der Waals surface area contributed by atoms with Gasteiger partial charge in [0.05, 0.1) is 0 Å². The summed E-state index contributed by atoms with van der Waals surface area (Å²) in [5.41, 5.74) is 6.19. The van der Waals surface area contributed by atoms with Gasteiger partial charge in [-0.15, -0.1) is 0 Å². The highest BCUT2D eigenvalue weighted by molar-refractivity contribution is 4.95. The molecular weight excluding hydrogens is 160 g/mol. The summed E-state index contributed by atoms with van der Waals surface area (Å²) in [7, 11) is 0. The molecule has 0 saturated heterocycles. The van der Waals surface area contributed by atoms with Crippen LogP contribution in [0.25, 0.3) is 0 Å². The van der Waals surface area contributed by atoms with Crippen LogP contribution in [-0.2, 0) is 0 Å². The lowest BCUT2D eigenvalue weighted by atomic mass is 9.98. The zero-order valence-electron chi connectivity index (χ0n) is 9.27. The van der Waals surface area contributed by atoms with E-state index in [0.717, 1.165) is 31.5 Å². The summed E-state index contributed by atoms with van der Waals surface area (Å²) in [5.74, 6) is 1.55. The predicted molar refractivity (Wildman–Crippen MR) is 57.6 cm³/mol. The van der Waals surface area contributed by atoms with Gasteiger partial charge in [-0.05, 0) is 43.2 Å². The molecule has 1 saturated carbocycles. The quantitative estimate of drug-likeness (QED) is 0.658. The standard InChI is InChI=1S/C11H24N2/c1-9(2)10(3)6-13-8-11(7-12)4-5-11/h9-10,13H,4-8,12H2,1-3H3. The van der Waals surface area contributed by atoms with Crippen LogP contribution in [0.15, 0.2) is 0 Å². The topological polar surface area (TPSA) is 38.0 Å². The Morgan fingerprint density at radius 1 is 1.31 bits per heavy atom. The van der Waals surface area contributed by atoms with E-state index in [9.17, 15) is 0 Å². The lowest BCUT2D eigenvalue weighted by Gasteiger charge is -2.19. The first kappa shape index (κ1) is 11.0. The van der Waals surface area contributed by atoms with E-state index in [4.69, 9.17) is 5.73 Å². The van der Waals surface area contributed by atoms with Crippen molar-refractivity contribution in [1.82, 2.24) is 5.32 Å². The minimum atomic E-state index is 0.483. The largest absolute Gasteiger partial charge is 0.330 e. The number of nitrogens with two attached hydrogens (primary N) is 1. The second-order valence-electron chi connectivity index (χ2n) is 5.06. The van der Waals surface area contributed by atoms with Gasteiger partial charge in [-0.3, -0.25) is 0 Å². The van der Waals surface area contributed by atoms with Gasteiger partial charge in [-0.1, -0.05) is 20.8 Å². The Hall–Kier alpha value is -0.0800. The first-order valence-electron chi connectivity index (χ1n) is 5.50. The molecule has 0 aromatic carbocycles. The molecule has 1 unspecified atom stereocenters. The Balaban J connectivity index is 2.07. The van der Waals surface area contributed by atoms with Crippen LogP contribution < -0.4 is 11.1 Å². The summed E-state index contributed by atoms with van der Waals surface area (Å²) in [6, 6.07) is 0. The third-order valence-corrected chi connectivity index (χ3v) is 3.49. The van der Waals surface area contributed by atoms with Crippen molar-refractivity contribution in [2.24, 2.45) is 23.0 Å². The van der Waals surface area contributed by atoms with Crippen LogP contribution in [0, 0.1) is 17.3 Å². The molecule has 1 fully saturated rings. The summed E-state index contributed by atoms with van der Waals surface area (Å²) in [6.07, 6.45) is 2.65. The van der Waals surface area contributed by atoms with Crippen molar-refractivity contribution in [1.29, 1.82) is 0 Å². The van der Waals surface area contributed by atoms with Crippen molar-refractivity contribution in [3.05, 3.63) is 0 Å². The monoisotopic (exact) mass is 184 g/mol. The highest BCUT2D eigenvalue weighted by Gasteiger charge is 2.40. The third-order valence-electron chi connectivity index (χ3n) is 3.49. The molecule has 13 heavy (non-hydrogen) atoms. The van der Waals surface area contributed by atoms with Crippen molar-refractivity contribution in [2.45, 2.75) is 33.6 Å². The van der Waals surface area contributed by atoms with Gasteiger partial charge in [0.15, 0.2) is 0 Å². The molecule has 0 aromatic rings. The molecule has 3 N–H and O–H groups in total. The maximum absolute atomic E-state index is 5.71. The van der Waals surface area contributed by atoms with E-state index in [2.05, 4.69) is 26.1 Å². The number of hydrogen-bond donors (Lipinski definition) is 2. The molecule has 1 rings (SSSR count). The second-order valence-corrected chi connectivity index (χ2v) is 5.06. The number of rotatable bonds is 6. The highest BCUT2D eigenvalue weighted by Crippen LogP contribution is 2.43. The van der Waals surface area contributed by atoms with Crippen LogP contribution in [0.3, 0.4) is 0 Å². The molecule has 0 bridgehead atoms. The molecule has 1 aliphatic rings. The molecule has 2 heteroatoms. The molecule has 1 atom stereocenters. The first-order chi connectivity index (χ1) is 6.09. The van der Waals surface area contributed by atoms with Gasteiger partial charge >= 0.3 is 0 Å². The highest BCUT2D eigenvalue weighted by atomic mass is 14.9. The SMILES string of the molecule is CC(C)C(C)CNCC1(CN)CC1. The van der Waals surface area contributed by atoms with E-state index in [-0.39, 0.29) is 0 Å². The Kier molecular flexibility index (Phi) is 3.74. The van der Waals surface area contributed by atoms with E-state index in [1.807, 2.05) is 0 Å². The van der Waals surface area contributed by atoms with Crippen LogP contribution in [0.5, 0.6) is 0 Å². The van der Waals surface area contributed by atoms with E-state index >= 15 is 0 Å². The molecule has 0 spiro atoms. The Labute approximate surface area is 82.3 Å². The maximum Gasteiger partial charge on any atom is 0.00200 e. The maximum atomic E-state index is 5.71. The smallest absolute Gasteiger partial charge is 0.00200 e. The second kappa shape index (κ2) is 4.43. The molecule has 78 valence electrons. The predicted octanol–water partition coefficient (Wildman–Crippen LogP) is 1.61. The zero-order chi connectivity index (χ0) is 9.90. The fourth-order valence-electron chi connectivity index (χ4n) is 1.43. The average Bonchev–Trinajstić information content (AvgIpc) is 2.85. The van der Waals surface area contributed by atoms with Crippen LogP contribution in [0.2, 0.25) is 0 Å². The van der Waals surface area contributed by atoms with Crippen molar-refractivity contribution < 1.29 is 0 Å². The fraction of sp³-hybridized carbons (Fsp3) is 1.00. The first-order valence-corrected chi connectivity index (χ1v) is 5.50. The number of hydrogen-bond acceptors (Lipinski definition) is 2. The van der Waals surface area contributed by atoms with Gasteiger partial charge in [-0.25, -0.2) is 0 Å². The van der Waals surface area contributed by atoms with Crippen molar-refractivity contribution >= 4 is 0 Å². The summed E-state index contributed by atoms with van der Waals surface area (Å²) in [4.78, 5) is 0. The van der Waals surface area contributed by atoms with Crippen LogP contribution in [-0.4, -0.2) is 19.6 Å². The molecule has 1 aliphatic carbocycles. The van der Waals surface area contributed by atoms with Crippen molar-refractivity contribution in [3.63, 3.8) is 0 Å². The Morgan fingerprint density at radius 2 is 1.92 bits per heavy atom. The summed E-state index contributed by atoms with van der Waals surface area (Å²) >= 11 is 0. The zero-order valence-corrected chi connectivity index (χ0v) is 9.27. The molecular formula is C11H24N2. The van der Waals surface area contributed by atoms with E-state index < -0.39 is 0 Å². The van der Waals surface area contributed by atoms with E-state index in [1.54, 1.807) is 0 Å². The summed E-state index contributed by atoms with van der Waals surface area (Å²) in [6.45, 7) is 9.99. The molecule has 0 heterocycles. The summed E-state index contributed by atoms with van der Waals surface area (Å²) in [5, 5.41) is 3.54. The van der Waals surface area contributed by atoms with Crippen LogP contribution in [0.1, 0.15) is 33.6 Å². The Bertz CT molecular complexity index is 150. The minimum absolute atomic E-state index is 0.483. The van der Waals surface area contributed by atoms with Crippen LogP contribution in [0.4, 0.5) is 0 Å². The van der Waals surface area contributed by atoms with E-state index in [1.165, 1.54) is 12.8 Å². The lowest BCUT2D eigenvalue weighted by molar-refractivity contribution is 0.368. The van der Waals surface area contributed by atoms with E-state index in [0.29, 0.717) is 5.41 Å². The van der Waals surface area contributed by atoms with Gasteiger partial charge < -0.3 is 11.1 Å². The molecule has 0 amide bonds. The Morgan fingerprint density at radius 3 is 2.31 bits per heavy atom. The number of nitrogens with one attached hydrogen (secondary N) is 1. The lowest BCUT2D eigenvalue weighted by Crippen LogP contribution is -2.33. The fourth-order valence-corrected chi connectivity index (χ4v) is 1.43. The van der Waals surface area contributed by atoms with Crippen LogP contribution >= 0.6 is 0 Å². The van der Waals surface area contributed by atoms with Gasteiger partial charge in [0.25, 0.3) is 0 Å². The summed E-state index contributed by atoms with van der Waals surface area (Å²) < 4.78 is 0. The van der Waals surface area contributed by atoms with Gasteiger partial charge in [-0.2, -0.15) is 0 Å². The van der Waals surface area contributed by atoms with Gasteiger partial charge in [0.1, 0.15) is 0 Å². The van der Waals surface area contributed by atoms with Gasteiger partial charge in [0, 0.05) is 6.54 Å².